The number of amides is 1. The lowest BCUT2D eigenvalue weighted by Crippen LogP contribution is -2.45. The SMILES string of the molecule is CCN1CCC2(CC1)OCCc1cc(C(=O)NC3CCC(O)CC3)sc12. The van der Waals surface area contributed by atoms with E-state index in [1.165, 1.54) is 10.4 Å². The highest BCUT2D eigenvalue weighted by molar-refractivity contribution is 7.14. The molecular formula is C20H30N2O3S. The number of rotatable bonds is 3. The zero-order valence-corrected chi connectivity index (χ0v) is 16.4. The Bertz CT molecular complexity index is 643. The minimum atomic E-state index is -0.191. The zero-order chi connectivity index (χ0) is 18.1. The van der Waals surface area contributed by atoms with Crippen molar-refractivity contribution in [1.82, 2.24) is 10.2 Å². The van der Waals surface area contributed by atoms with Crippen molar-refractivity contribution in [3.05, 3.63) is 21.4 Å². The number of hydrogen-bond donors (Lipinski definition) is 2. The quantitative estimate of drug-likeness (QED) is 0.849. The van der Waals surface area contributed by atoms with Crippen molar-refractivity contribution >= 4 is 17.2 Å². The summed E-state index contributed by atoms with van der Waals surface area (Å²) in [7, 11) is 0. The largest absolute Gasteiger partial charge is 0.393 e. The summed E-state index contributed by atoms with van der Waals surface area (Å²) < 4.78 is 6.30. The molecule has 2 N–H and O–H groups in total. The molecule has 1 aliphatic carbocycles. The molecule has 1 aromatic rings. The van der Waals surface area contributed by atoms with E-state index in [0.717, 1.165) is 76.1 Å². The number of aliphatic hydroxyl groups excluding tert-OH is 1. The normalized spacial score (nSPS) is 28.7. The topological polar surface area (TPSA) is 61.8 Å². The van der Waals surface area contributed by atoms with Gasteiger partial charge in [0, 0.05) is 24.0 Å². The Morgan fingerprint density at radius 1 is 1.35 bits per heavy atom. The summed E-state index contributed by atoms with van der Waals surface area (Å²) in [5.74, 6) is 0.0481. The van der Waals surface area contributed by atoms with Crippen molar-refractivity contribution in [2.45, 2.75) is 69.6 Å². The third-order valence-electron chi connectivity index (χ3n) is 6.34. The number of nitrogens with zero attached hydrogens (tertiary/aromatic N) is 1. The van der Waals surface area contributed by atoms with E-state index in [0.29, 0.717) is 0 Å². The van der Waals surface area contributed by atoms with Gasteiger partial charge < -0.3 is 20.1 Å². The fraction of sp³-hybridized carbons (Fsp3) is 0.750. The minimum Gasteiger partial charge on any atom is -0.393 e. The second-order valence-corrected chi connectivity index (χ2v) is 9.02. The predicted octanol–water partition coefficient (Wildman–Crippen LogP) is 2.67. The molecule has 1 spiro atoms. The first-order valence-electron chi connectivity index (χ1n) is 10.1. The standard InChI is InChI=1S/C20H30N2O3S/c1-2-22-10-8-20(9-11-22)18-14(7-12-25-20)13-17(26-18)19(24)21-15-3-5-16(23)6-4-15/h13,15-16,23H,2-12H2,1H3,(H,21,24). The van der Waals surface area contributed by atoms with E-state index in [4.69, 9.17) is 4.74 Å². The first-order valence-corrected chi connectivity index (χ1v) is 10.9. The molecule has 1 saturated heterocycles. The monoisotopic (exact) mass is 378 g/mol. The average Bonchev–Trinajstić information content (AvgIpc) is 3.11. The van der Waals surface area contributed by atoms with Crippen LogP contribution < -0.4 is 5.32 Å². The molecule has 6 heteroatoms. The fourth-order valence-corrected chi connectivity index (χ4v) is 5.93. The number of ether oxygens (including phenoxy) is 1. The summed E-state index contributed by atoms with van der Waals surface area (Å²) in [6.45, 7) is 6.21. The second kappa shape index (κ2) is 7.58. The smallest absolute Gasteiger partial charge is 0.261 e. The number of likely N-dealkylation sites (tertiary alicyclic amines) is 1. The van der Waals surface area contributed by atoms with Crippen LogP contribution in [0.3, 0.4) is 0 Å². The highest BCUT2D eigenvalue weighted by atomic mass is 32.1. The van der Waals surface area contributed by atoms with Gasteiger partial charge >= 0.3 is 0 Å². The Labute approximate surface area is 159 Å². The van der Waals surface area contributed by atoms with Gasteiger partial charge in [-0.2, -0.15) is 0 Å². The van der Waals surface area contributed by atoms with Crippen LogP contribution >= 0.6 is 11.3 Å². The predicted molar refractivity (Wildman–Crippen MR) is 103 cm³/mol. The summed E-state index contributed by atoms with van der Waals surface area (Å²) >= 11 is 1.64. The van der Waals surface area contributed by atoms with Crippen LogP contribution in [0.4, 0.5) is 0 Å². The van der Waals surface area contributed by atoms with Crippen LogP contribution in [0.15, 0.2) is 6.07 Å². The van der Waals surface area contributed by atoms with Gasteiger partial charge in [-0.15, -0.1) is 11.3 Å². The summed E-state index contributed by atoms with van der Waals surface area (Å²) in [6, 6.07) is 2.30. The molecule has 0 aromatic carbocycles. The molecule has 0 bridgehead atoms. The highest BCUT2D eigenvalue weighted by Gasteiger charge is 2.42. The Morgan fingerprint density at radius 2 is 2.08 bits per heavy atom. The van der Waals surface area contributed by atoms with Gasteiger partial charge in [0.1, 0.15) is 5.60 Å². The Morgan fingerprint density at radius 3 is 2.77 bits per heavy atom. The van der Waals surface area contributed by atoms with Crippen molar-refractivity contribution < 1.29 is 14.6 Å². The van der Waals surface area contributed by atoms with Crippen LogP contribution in [0.2, 0.25) is 0 Å². The lowest BCUT2D eigenvalue weighted by atomic mass is 9.85. The van der Waals surface area contributed by atoms with Crippen molar-refractivity contribution in [2.24, 2.45) is 0 Å². The lowest BCUT2D eigenvalue weighted by Gasteiger charge is -2.43. The first kappa shape index (κ1) is 18.4. The molecule has 1 amide bonds. The zero-order valence-electron chi connectivity index (χ0n) is 15.6. The van der Waals surface area contributed by atoms with E-state index in [1.807, 2.05) is 0 Å². The third-order valence-corrected chi connectivity index (χ3v) is 7.70. The molecule has 0 radical (unpaired) electrons. The minimum absolute atomic E-state index is 0.0481. The Balaban J connectivity index is 1.48. The number of carbonyl (C=O) groups excluding carboxylic acids is 1. The van der Waals surface area contributed by atoms with Gasteiger partial charge in [-0.25, -0.2) is 0 Å². The molecule has 4 rings (SSSR count). The maximum atomic E-state index is 12.8. The lowest BCUT2D eigenvalue weighted by molar-refractivity contribution is -0.0944. The highest BCUT2D eigenvalue weighted by Crippen LogP contribution is 2.45. The van der Waals surface area contributed by atoms with E-state index in [1.54, 1.807) is 11.3 Å². The molecule has 1 aromatic heterocycles. The maximum Gasteiger partial charge on any atom is 0.261 e. The number of thiophene rings is 1. The maximum absolute atomic E-state index is 12.8. The molecule has 1 saturated carbocycles. The van der Waals surface area contributed by atoms with Gasteiger partial charge in [0.05, 0.1) is 17.6 Å². The molecule has 0 unspecified atom stereocenters. The van der Waals surface area contributed by atoms with E-state index in [-0.39, 0.29) is 23.7 Å². The van der Waals surface area contributed by atoms with Gasteiger partial charge in [-0.05, 0) is 63.1 Å². The summed E-state index contributed by atoms with van der Waals surface area (Å²) in [4.78, 5) is 17.4. The van der Waals surface area contributed by atoms with Crippen LogP contribution in [0.1, 0.15) is 65.6 Å². The third kappa shape index (κ3) is 3.57. The molecular weight excluding hydrogens is 348 g/mol. The Hall–Kier alpha value is -0.950. The van der Waals surface area contributed by atoms with Crippen LogP contribution in [0.5, 0.6) is 0 Å². The first-order chi connectivity index (χ1) is 12.6. The number of carbonyl (C=O) groups is 1. The Kier molecular flexibility index (Phi) is 5.37. The van der Waals surface area contributed by atoms with Crippen molar-refractivity contribution in [1.29, 1.82) is 0 Å². The van der Waals surface area contributed by atoms with Gasteiger partial charge in [0.25, 0.3) is 5.91 Å². The van der Waals surface area contributed by atoms with Crippen LogP contribution in [0.25, 0.3) is 0 Å². The molecule has 2 fully saturated rings. The number of piperidine rings is 1. The second-order valence-electron chi connectivity index (χ2n) is 7.97. The van der Waals surface area contributed by atoms with E-state index in [9.17, 15) is 9.90 Å². The fourth-order valence-electron chi connectivity index (χ4n) is 4.61. The summed E-state index contributed by atoms with van der Waals surface area (Å²) in [6.07, 6.45) is 6.09. The van der Waals surface area contributed by atoms with Gasteiger partial charge in [-0.1, -0.05) is 6.92 Å². The van der Waals surface area contributed by atoms with Crippen LogP contribution in [0, 0.1) is 0 Å². The average molecular weight is 379 g/mol. The van der Waals surface area contributed by atoms with Crippen molar-refractivity contribution in [3.8, 4) is 0 Å². The van der Waals surface area contributed by atoms with Crippen molar-refractivity contribution in [3.63, 3.8) is 0 Å². The number of fused-ring (bicyclic) bond motifs is 2. The molecule has 2 aliphatic heterocycles. The van der Waals surface area contributed by atoms with Crippen LogP contribution in [-0.2, 0) is 16.8 Å². The van der Waals surface area contributed by atoms with Crippen molar-refractivity contribution in [2.75, 3.05) is 26.2 Å². The van der Waals surface area contributed by atoms with Gasteiger partial charge in [-0.3, -0.25) is 4.79 Å². The molecule has 144 valence electrons. The molecule has 26 heavy (non-hydrogen) atoms. The molecule has 3 aliphatic rings. The van der Waals surface area contributed by atoms with Crippen LogP contribution in [-0.4, -0.2) is 54.3 Å². The van der Waals surface area contributed by atoms with Gasteiger partial charge in [0.2, 0.25) is 0 Å². The number of aliphatic hydroxyl groups is 1. The van der Waals surface area contributed by atoms with E-state index < -0.39 is 0 Å². The molecule has 5 nitrogen and oxygen atoms in total. The summed E-state index contributed by atoms with van der Waals surface area (Å²) in [5, 5.41) is 12.8. The molecule has 3 heterocycles. The van der Waals surface area contributed by atoms with E-state index >= 15 is 0 Å². The molecule has 0 atom stereocenters. The summed E-state index contributed by atoms with van der Waals surface area (Å²) in [5.41, 5.74) is 1.15. The van der Waals surface area contributed by atoms with E-state index in [2.05, 4.69) is 23.2 Å². The number of hydrogen-bond acceptors (Lipinski definition) is 5. The van der Waals surface area contributed by atoms with Gasteiger partial charge in [0.15, 0.2) is 0 Å². The number of nitrogens with one attached hydrogen (secondary N) is 1.